The lowest BCUT2D eigenvalue weighted by molar-refractivity contribution is 0.307. The number of phenols is 1. The Labute approximate surface area is 121 Å². The van der Waals surface area contributed by atoms with E-state index in [1.807, 2.05) is 12.1 Å². The van der Waals surface area contributed by atoms with Crippen molar-refractivity contribution in [3.05, 3.63) is 17.7 Å². The second-order valence-corrected chi connectivity index (χ2v) is 5.53. The zero-order valence-corrected chi connectivity index (χ0v) is 12.7. The Hall–Kier alpha value is -1.42. The number of benzene rings is 1. The van der Waals surface area contributed by atoms with E-state index in [0.717, 1.165) is 24.6 Å². The molecule has 0 amide bonds. The summed E-state index contributed by atoms with van der Waals surface area (Å²) in [5, 5.41) is 9.92. The van der Waals surface area contributed by atoms with Crippen molar-refractivity contribution in [3.63, 3.8) is 0 Å². The van der Waals surface area contributed by atoms with Crippen molar-refractivity contribution in [3.8, 4) is 17.2 Å². The minimum atomic E-state index is 0.0732. The van der Waals surface area contributed by atoms with Gasteiger partial charge in [0, 0.05) is 13.1 Å². The predicted octanol–water partition coefficient (Wildman–Crippen LogP) is 3.03. The molecule has 1 N–H and O–H groups in total. The first-order valence-electron chi connectivity index (χ1n) is 7.34. The van der Waals surface area contributed by atoms with Gasteiger partial charge in [0.05, 0.1) is 14.2 Å². The molecule has 1 unspecified atom stereocenters. The number of ether oxygens (including phenoxy) is 2. The number of methoxy groups -OCH3 is 2. The molecular weight excluding hydrogens is 254 g/mol. The molecule has 0 bridgehead atoms. The molecule has 0 aliphatic carbocycles. The summed E-state index contributed by atoms with van der Waals surface area (Å²) < 4.78 is 10.4. The molecule has 1 atom stereocenters. The predicted molar refractivity (Wildman–Crippen MR) is 79.5 cm³/mol. The topological polar surface area (TPSA) is 41.9 Å². The molecule has 2 rings (SSSR count). The molecule has 1 heterocycles. The third-order valence-corrected chi connectivity index (χ3v) is 4.01. The van der Waals surface area contributed by atoms with Crippen LogP contribution in [0.25, 0.3) is 0 Å². The van der Waals surface area contributed by atoms with Crippen LogP contribution in [0.3, 0.4) is 0 Å². The number of hydrogen-bond donors (Lipinski definition) is 1. The largest absolute Gasteiger partial charge is 0.502 e. The summed E-state index contributed by atoms with van der Waals surface area (Å²) in [6.07, 6.45) is 3.87. The van der Waals surface area contributed by atoms with E-state index < -0.39 is 0 Å². The van der Waals surface area contributed by atoms with Crippen LogP contribution in [0.1, 0.15) is 31.7 Å². The van der Waals surface area contributed by atoms with E-state index in [4.69, 9.17) is 9.47 Å². The molecule has 0 aromatic heterocycles. The molecule has 4 heteroatoms. The minimum absolute atomic E-state index is 0.0732. The van der Waals surface area contributed by atoms with Gasteiger partial charge >= 0.3 is 0 Å². The Morgan fingerprint density at radius 1 is 1.25 bits per heavy atom. The summed E-state index contributed by atoms with van der Waals surface area (Å²) in [5.41, 5.74) is 1.12. The molecule has 1 fully saturated rings. The van der Waals surface area contributed by atoms with Gasteiger partial charge in [-0.15, -0.1) is 0 Å². The summed E-state index contributed by atoms with van der Waals surface area (Å²) in [4.78, 5) is 2.46. The second-order valence-electron chi connectivity index (χ2n) is 5.53. The summed E-state index contributed by atoms with van der Waals surface area (Å²) in [7, 11) is 3.12. The highest BCUT2D eigenvalue weighted by molar-refractivity contribution is 5.52. The third-order valence-electron chi connectivity index (χ3n) is 4.01. The van der Waals surface area contributed by atoms with Gasteiger partial charge in [0.1, 0.15) is 0 Å². The number of hydrogen-bond acceptors (Lipinski definition) is 4. The van der Waals surface area contributed by atoms with E-state index in [9.17, 15) is 5.11 Å². The third kappa shape index (κ3) is 3.37. The average molecular weight is 279 g/mol. The molecule has 20 heavy (non-hydrogen) atoms. The second kappa shape index (κ2) is 6.84. The highest BCUT2D eigenvalue weighted by Crippen LogP contribution is 2.37. The van der Waals surface area contributed by atoms with Gasteiger partial charge in [-0.05, 0) is 43.0 Å². The fourth-order valence-corrected chi connectivity index (χ4v) is 3.00. The van der Waals surface area contributed by atoms with E-state index in [2.05, 4.69) is 11.8 Å². The summed E-state index contributed by atoms with van der Waals surface area (Å²) in [5.74, 6) is 1.86. The standard InChI is InChI=1S/C16H25NO3/c1-4-5-12-6-7-17(10-12)11-13-8-14(19-2)16(18)15(9-13)20-3/h8-9,12,18H,4-7,10-11H2,1-3H3. The van der Waals surface area contributed by atoms with Gasteiger partial charge in [-0.3, -0.25) is 4.90 Å². The summed E-state index contributed by atoms with van der Waals surface area (Å²) >= 11 is 0. The van der Waals surface area contributed by atoms with Gasteiger partial charge in [0.25, 0.3) is 0 Å². The Balaban J connectivity index is 2.06. The molecule has 0 spiro atoms. The zero-order valence-electron chi connectivity index (χ0n) is 12.7. The van der Waals surface area contributed by atoms with Crippen molar-refractivity contribution in [1.82, 2.24) is 4.90 Å². The maximum absolute atomic E-state index is 9.92. The van der Waals surface area contributed by atoms with Gasteiger partial charge in [-0.25, -0.2) is 0 Å². The van der Waals surface area contributed by atoms with Crippen molar-refractivity contribution in [2.45, 2.75) is 32.7 Å². The molecule has 1 aromatic rings. The normalized spacial score (nSPS) is 19.2. The molecule has 1 aromatic carbocycles. The van der Waals surface area contributed by atoms with E-state index in [1.54, 1.807) is 14.2 Å². The number of nitrogens with zero attached hydrogens (tertiary/aromatic N) is 1. The molecule has 112 valence electrons. The minimum Gasteiger partial charge on any atom is -0.502 e. The average Bonchev–Trinajstić information content (AvgIpc) is 2.88. The maximum Gasteiger partial charge on any atom is 0.200 e. The first kappa shape index (κ1) is 15.0. The highest BCUT2D eigenvalue weighted by Gasteiger charge is 2.22. The Morgan fingerprint density at radius 2 is 1.90 bits per heavy atom. The number of rotatable bonds is 6. The molecule has 0 radical (unpaired) electrons. The van der Waals surface area contributed by atoms with Crippen LogP contribution in [0.2, 0.25) is 0 Å². The Morgan fingerprint density at radius 3 is 2.45 bits per heavy atom. The van der Waals surface area contributed by atoms with E-state index in [0.29, 0.717) is 11.5 Å². The fourth-order valence-electron chi connectivity index (χ4n) is 3.00. The van der Waals surface area contributed by atoms with Gasteiger partial charge in [-0.2, -0.15) is 0 Å². The zero-order chi connectivity index (χ0) is 14.5. The monoisotopic (exact) mass is 279 g/mol. The fraction of sp³-hybridized carbons (Fsp3) is 0.625. The number of likely N-dealkylation sites (tertiary alicyclic amines) is 1. The molecule has 1 aliphatic heterocycles. The van der Waals surface area contributed by atoms with Crippen molar-refractivity contribution in [2.24, 2.45) is 5.92 Å². The lowest BCUT2D eigenvalue weighted by Crippen LogP contribution is -2.20. The van der Waals surface area contributed by atoms with Gasteiger partial charge in [0.2, 0.25) is 5.75 Å². The van der Waals surface area contributed by atoms with Gasteiger partial charge < -0.3 is 14.6 Å². The molecule has 1 saturated heterocycles. The van der Waals surface area contributed by atoms with Crippen LogP contribution in [-0.2, 0) is 6.54 Å². The molecule has 4 nitrogen and oxygen atoms in total. The van der Waals surface area contributed by atoms with Crippen molar-refractivity contribution in [2.75, 3.05) is 27.3 Å². The van der Waals surface area contributed by atoms with E-state index >= 15 is 0 Å². The van der Waals surface area contributed by atoms with Crippen LogP contribution in [0.15, 0.2) is 12.1 Å². The smallest absolute Gasteiger partial charge is 0.200 e. The van der Waals surface area contributed by atoms with E-state index in [-0.39, 0.29) is 5.75 Å². The van der Waals surface area contributed by atoms with Crippen LogP contribution >= 0.6 is 0 Å². The number of aromatic hydroxyl groups is 1. The van der Waals surface area contributed by atoms with Crippen molar-refractivity contribution < 1.29 is 14.6 Å². The lowest BCUT2D eigenvalue weighted by Gasteiger charge is -2.18. The van der Waals surface area contributed by atoms with Crippen LogP contribution in [0.4, 0.5) is 0 Å². The Kier molecular flexibility index (Phi) is 5.12. The van der Waals surface area contributed by atoms with Crippen LogP contribution in [0.5, 0.6) is 17.2 Å². The lowest BCUT2D eigenvalue weighted by atomic mass is 10.0. The maximum atomic E-state index is 9.92. The van der Waals surface area contributed by atoms with Crippen LogP contribution in [-0.4, -0.2) is 37.3 Å². The first-order chi connectivity index (χ1) is 9.67. The van der Waals surface area contributed by atoms with Crippen molar-refractivity contribution >= 4 is 0 Å². The highest BCUT2D eigenvalue weighted by atomic mass is 16.5. The summed E-state index contributed by atoms with van der Waals surface area (Å²) in [6, 6.07) is 3.79. The number of phenolic OH excluding ortho intramolecular Hbond substituents is 1. The van der Waals surface area contributed by atoms with E-state index in [1.165, 1.54) is 25.8 Å². The molecule has 1 aliphatic rings. The summed E-state index contributed by atoms with van der Waals surface area (Å²) in [6.45, 7) is 5.45. The van der Waals surface area contributed by atoms with Gasteiger partial charge in [-0.1, -0.05) is 13.3 Å². The van der Waals surface area contributed by atoms with Crippen LogP contribution in [0, 0.1) is 5.92 Å². The van der Waals surface area contributed by atoms with Crippen molar-refractivity contribution in [1.29, 1.82) is 0 Å². The molecular formula is C16H25NO3. The van der Waals surface area contributed by atoms with Gasteiger partial charge in [0.15, 0.2) is 11.5 Å². The van der Waals surface area contributed by atoms with Crippen LogP contribution < -0.4 is 9.47 Å². The first-order valence-corrected chi connectivity index (χ1v) is 7.34. The Bertz CT molecular complexity index is 422. The quantitative estimate of drug-likeness (QED) is 0.869. The molecule has 0 saturated carbocycles. The SMILES string of the molecule is CCCC1CCN(Cc2cc(OC)c(O)c(OC)c2)C1.